The topological polar surface area (TPSA) is 99.2 Å². The van der Waals surface area contributed by atoms with E-state index >= 15 is 0 Å². The molecule has 0 saturated carbocycles. The maximum atomic E-state index is 13.7. The van der Waals surface area contributed by atoms with Gasteiger partial charge in [0.05, 0.1) is 20.8 Å². The second-order valence-corrected chi connectivity index (χ2v) is 8.00. The Balaban J connectivity index is 2.13. The van der Waals surface area contributed by atoms with Gasteiger partial charge in [-0.15, -0.1) is 0 Å². The van der Waals surface area contributed by atoms with Crippen molar-refractivity contribution in [2.75, 3.05) is 25.7 Å². The van der Waals surface area contributed by atoms with Gasteiger partial charge in [-0.05, 0) is 31.4 Å². The zero-order valence-electron chi connectivity index (χ0n) is 17.8. The Kier molecular flexibility index (Phi) is 5.11. The molecule has 0 bridgehead atoms. The fraction of sp³-hybridized carbons (Fsp3) is 0.478. The van der Waals surface area contributed by atoms with Gasteiger partial charge in [-0.2, -0.15) is 0 Å². The molecule has 1 fully saturated rings. The summed E-state index contributed by atoms with van der Waals surface area (Å²) in [5, 5.41) is 0. The van der Waals surface area contributed by atoms with Gasteiger partial charge in [-0.1, -0.05) is 30.4 Å². The second-order valence-electron chi connectivity index (χ2n) is 8.00. The van der Waals surface area contributed by atoms with Crippen molar-refractivity contribution >= 4 is 29.5 Å². The number of fused-ring (bicyclic) bond motifs is 3. The van der Waals surface area contributed by atoms with Crippen LogP contribution in [0.3, 0.4) is 0 Å². The van der Waals surface area contributed by atoms with Gasteiger partial charge < -0.3 is 14.2 Å². The van der Waals surface area contributed by atoms with Crippen LogP contribution in [0.4, 0.5) is 5.69 Å². The summed E-state index contributed by atoms with van der Waals surface area (Å²) in [5.41, 5.74) is -2.40. The minimum atomic E-state index is -1.86. The summed E-state index contributed by atoms with van der Waals surface area (Å²) < 4.78 is 15.7. The molecule has 2 aliphatic heterocycles. The highest BCUT2D eigenvalue weighted by Gasteiger charge is 2.74. The molecule has 4 rings (SSSR count). The van der Waals surface area contributed by atoms with E-state index in [2.05, 4.69) is 0 Å². The molecule has 1 aromatic rings. The summed E-state index contributed by atoms with van der Waals surface area (Å²) in [7, 11) is 2.39. The molecular weight excluding hydrogens is 402 g/mol. The molecule has 1 aromatic carbocycles. The molecule has 2 heterocycles. The molecule has 0 radical (unpaired) electrons. The van der Waals surface area contributed by atoms with Crippen LogP contribution >= 0.6 is 0 Å². The number of anilines is 1. The Morgan fingerprint density at radius 1 is 1.10 bits per heavy atom. The normalized spacial score (nSPS) is 27.6. The van der Waals surface area contributed by atoms with Crippen molar-refractivity contribution in [2.24, 2.45) is 11.3 Å². The number of rotatable bonds is 4. The summed E-state index contributed by atoms with van der Waals surface area (Å²) in [6.45, 7) is 1.77. The molecule has 31 heavy (non-hydrogen) atoms. The third kappa shape index (κ3) is 2.53. The van der Waals surface area contributed by atoms with Crippen molar-refractivity contribution in [3.05, 3.63) is 42.0 Å². The van der Waals surface area contributed by atoms with Gasteiger partial charge in [0.1, 0.15) is 0 Å². The predicted molar refractivity (Wildman–Crippen MR) is 109 cm³/mol. The molecule has 0 unspecified atom stereocenters. The van der Waals surface area contributed by atoms with E-state index in [-0.39, 0.29) is 25.4 Å². The first kappa shape index (κ1) is 21.1. The molecule has 3 atom stereocenters. The van der Waals surface area contributed by atoms with Crippen LogP contribution in [0.25, 0.3) is 0 Å². The predicted octanol–water partition coefficient (Wildman–Crippen LogP) is 2.12. The summed E-state index contributed by atoms with van der Waals surface area (Å²) in [5.74, 6) is -3.99. The number of hydrogen-bond donors (Lipinski definition) is 0. The smallest absolute Gasteiger partial charge is 0.333 e. The number of ether oxygens (including phenoxy) is 3. The summed E-state index contributed by atoms with van der Waals surface area (Å²) in [6, 6.07) is 6.99. The van der Waals surface area contributed by atoms with E-state index in [0.29, 0.717) is 17.7 Å². The van der Waals surface area contributed by atoms with Crippen LogP contribution in [0.2, 0.25) is 0 Å². The Morgan fingerprint density at radius 3 is 2.42 bits per heavy atom. The molecule has 0 aromatic heterocycles. The van der Waals surface area contributed by atoms with Crippen molar-refractivity contribution in [3.8, 4) is 0 Å². The van der Waals surface area contributed by atoms with Gasteiger partial charge in [0.25, 0.3) is 0 Å². The van der Waals surface area contributed by atoms with Crippen LogP contribution in [0.1, 0.15) is 37.7 Å². The highest BCUT2D eigenvalue weighted by molar-refractivity contribution is 6.11. The Labute approximate surface area is 180 Å². The van der Waals surface area contributed by atoms with E-state index in [1.54, 1.807) is 37.3 Å². The highest BCUT2D eigenvalue weighted by Crippen LogP contribution is 2.63. The SMILES string of the molecule is CCOC(=O)[C@@]12[C@H]3C=CCC(C(=O)OC)(C(=O)OC)[C@@H]1c1ccccc1N2C(=O)CC3. The highest BCUT2D eigenvalue weighted by atomic mass is 16.5. The van der Waals surface area contributed by atoms with Crippen molar-refractivity contribution in [1.29, 1.82) is 0 Å². The number of para-hydroxylation sites is 1. The Bertz CT molecular complexity index is 968. The minimum absolute atomic E-state index is 0.0228. The largest absolute Gasteiger partial charge is 0.468 e. The molecular formula is C23H25NO7. The van der Waals surface area contributed by atoms with E-state index in [4.69, 9.17) is 14.2 Å². The van der Waals surface area contributed by atoms with Crippen LogP contribution in [-0.4, -0.2) is 50.2 Å². The fourth-order valence-electron chi connectivity index (χ4n) is 5.71. The van der Waals surface area contributed by atoms with Crippen LogP contribution < -0.4 is 4.90 Å². The average molecular weight is 427 g/mol. The maximum absolute atomic E-state index is 13.7. The first-order chi connectivity index (χ1) is 14.9. The van der Waals surface area contributed by atoms with Gasteiger partial charge in [-0.3, -0.25) is 19.3 Å². The van der Waals surface area contributed by atoms with Crippen LogP contribution in [-0.2, 0) is 33.4 Å². The molecule has 164 valence electrons. The van der Waals surface area contributed by atoms with Crippen LogP contribution in [0.15, 0.2) is 36.4 Å². The van der Waals surface area contributed by atoms with Gasteiger partial charge in [0, 0.05) is 23.9 Å². The maximum Gasteiger partial charge on any atom is 0.333 e. The molecule has 0 spiro atoms. The number of carbonyl (C=O) groups excluding carboxylic acids is 4. The van der Waals surface area contributed by atoms with Gasteiger partial charge >= 0.3 is 17.9 Å². The van der Waals surface area contributed by atoms with Crippen LogP contribution in [0.5, 0.6) is 0 Å². The molecule has 1 saturated heterocycles. The average Bonchev–Trinajstić information content (AvgIpc) is 3.01. The lowest BCUT2D eigenvalue weighted by Crippen LogP contribution is -2.68. The molecule has 3 aliphatic rings. The third-order valence-electron chi connectivity index (χ3n) is 6.79. The van der Waals surface area contributed by atoms with E-state index in [0.717, 1.165) is 0 Å². The number of esters is 3. The second kappa shape index (κ2) is 7.51. The minimum Gasteiger partial charge on any atom is -0.468 e. The van der Waals surface area contributed by atoms with Crippen molar-refractivity contribution in [1.82, 2.24) is 0 Å². The standard InChI is InChI=1S/C23H25NO7/c1-4-31-21(28)23-14-8-7-13-22(19(26)29-2,20(27)30-3)18(23)15-9-5-6-10-16(15)24(23)17(25)12-11-14/h5-10,14,18H,4,11-13H2,1-3H3/t14-,18-,23+/m0/s1. The van der Waals surface area contributed by atoms with Crippen molar-refractivity contribution in [2.45, 2.75) is 37.6 Å². The fourth-order valence-corrected chi connectivity index (χ4v) is 5.71. The van der Waals surface area contributed by atoms with Gasteiger partial charge in [0.15, 0.2) is 11.0 Å². The quantitative estimate of drug-likeness (QED) is 0.314. The zero-order valence-corrected chi connectivity index (χ0v) is 17.8. The molecule has 1 aliphatic carbocycles. The summed E-state index contributed by atoms with van der Waals surface area (Å²) >= 11 is 0. The van der Waals surface area contributed by atoms with E-state index in [9.17, 15) is 19.2 Å². The third-order valence-corrected chi connectivity index (χ3v) is 6.79. The lowest BCUT2D eigenvalue weighted by Gasteiger charge is -2.49. The van der Waals surface area contributed by atoms with Gasteiger partial charge in [-0.25, -0.2) is 4.79 Å². The van der Waals surface area contributed by atoms with E-state index in [1.165, 1.54) is 19.1 Å². The summed E-state index contributed by atoms with van der Waals surface area (Å²) in [6.07, 6.45) is 4.15. The number of methoxy groups -OCH3 is 2. The molecule has 8 nitrogen and oxygen atoms in total. The Morgan fingerprint density at radius 2 is 1.77 bits per heavy atom. The monoisotopic (exact) mass is 427 g/mol. The zero-order chi connectivity index (χ0) is 22.4. The first-order valence-electron chi connectivity index (χ1n) is 10.3. The van der Waals surface area contributed by atoms with Crippen molar-refractivity contribution < 1.29 is 33.4 Å². The number of allylic oxidation sites excluding steroid dienone is 1. The summed E-state index contributed by atoms with van der Waals surface area (Å²) in [4.78, 5) is 55.1. The number of piperidine rings is 1. The number of amides is 1. The van der Waals surface area contributed by atoms with Crippen LogP contribution in [0, 0.1) is 11.3 Å². The molecule has 8 heteroatoms. The number of carbonyl (C=O) groups is 4. The number of nitrogens with zero attached hydrogens (tertiary/aromatic N) is 1. The van der Waals surface area contributed by atoms with Crippen molar-refractivity contribution in [3.63, 3.8) is 0 Å². The first-order valence-corrected chi connectivity index (χ1v) is 10.3. The molecule has 1 amide bonds. The molecule has 0 N–H and O–H groups in total. The lowest BCUT2D eigenvalue weighted by molar-refractivity contribution is -0.175. The number of hydrogen-bond acceptors (Lipinski definition) is 7. The lowest BCUT2D eigenvalue weighted by atomic mass is 9.59. The van der Waals surface area contributed by atoms with E-state index < -0.39 is 40.7 Å². The Hall–Kier alpha value is -3.16. The van der Waals surface area contributed by atoms with E-state index in [1.807, 2.05) is 6.08 Å². The number of benzene rings is 1. The van der Waals surface area contributed by atoms with Gasteiger partial charge in [0.2, 0.25) is 5.91 Å².